The van der Waals surface area contributed by atoms with Crippen molar-refractivity contribution in [1.29, 1.82) is 0 Å². The number of hydrogen-bond donors (Lipinski definition) is 2. The first-order valence-electron chi connectivity index (χ1n) is 6.01. The van der Waals surface area contributed by atoms with Crippen molar-refractivity contribution in [3.8, 4) is 0 Å². The summed E-state index contributed by atoms with van der Waals surface area (Å²) in [6.45, 7) is 3.64. The summed E-state index contributed by atoms with van der Waals surface area (Å²) >= 11 is 6.10. The van der Waals surface area contributed by atoms with E-state index in [9.17, 15) is 9.90 Å². The maximum atomic E-state index is 12.1. The first kappa shape index (κ1) is 13.8. The molecule has 0 bridgehead atoms. The molecule has 0 aliphatic rings. The Hall–Kier alpha value is -1.65. The smallest absolute Gasteiger partial charge is 0.252 e. The number of halogens is 1. The third kappa shape index (κ3) is 3.03. The van der Waals surface area contributed by atoms with Crippen molar-refractivity contribution in [3.05, 3.63) is 40.5 Å². The summed E-state index contributed by atoms with van der Waals surface area (Å²) in [5, 5.41) is 13.1. The summed E-state index contributed by atoms with van der Waals surface area (Å²) < 4.78 is 0. The monoisotopic (exact) mass is 278 g/mol. The molecule has 1 heterocycles. The third-order valence-corrected chi connectivity index (χ3v) is 3.03. The van der Waals surface area contributed by atoms with E-state index < -0.39 is 6.10 Å². The van der Waals surface area contributed by atoms with Gasteiger partial charge >= 0.3 is 0 Å². The number of hydrogen-bond acceptors (Lipinski definition) is 3. The second kappa shape index (κ2) is 5.55. The highest BCUT2D eigenvalue weighted by Gasteiger charge is 2.13. The summed E-state index contributed by atoms with van der Waals surface area (Å²) in [5.41, 5.74) is 1.86. The third-order valence-electron chi connectivity index (χ3n) is 2.72. The van der Waals surface area contributed by atoms with Gasteiger partial charge in [-0.05, 0) is 26.0 Å². The van der Waals surface area contributed by atoms with Crippen LogP contribution in [-0.2, 0) is 0 Å². The zero-order chi connectivity index (χ0) is 14.0. The van der Waals surface area contributed by atoms with Gasteiger partial charge in [-0.2, -0.15) is 0 Å². The van der Waals surface area contributed by atoms with Crippen LogP contribution >= 0.6 is 11.6 Å². The highest BCUT2D eigenvalue weighted by Crippen LogP contribution is 2.25. The van der Waals surface area contributed by atoms with Crippen LogP contribution in [0.1, 0.15) is 23.0 Å². The number of para-hydroxylation sites is 1. The predicted molar refractivity (Wildman–Crippen MR) is 75.5 cm³/mol. The number of carbonyl (C=O) groups is 1. The van der Waals surface area contributed by atoms with E-state index in [-0.39, 0.29) is 12.5 Å². The molecule has 1 aromatic carbocycles. The van der Waals surface area contributed by atoms with Gasteiger partial charge in [0.1, 0.15) is 0 Å². The summed E-state index contributed by atoms with van der Waals surface area (Å²) in [4.78, 5) is 16.5. The standard InChI is InChI=1S/C14H15ClN2O2/c1-8-6-11(14(19)16-7-9(2)18)10-4-3-5-12(15)13(10)17-8/h3-6,9,18H,7H2,1-2H3,(H,16,19). The molecule has 1 unspecified atom stereocenters. The molecule has 2 N–H and O–H groups in total. The van der Waals surface area contributed by atoms with Crippen molar-refractivity contribution in [2.45, 2.75) is 20.0 Å². The Labute approximate surface area is 116 Å². The number of aryl methyl sites for hydroxylation is 1. The Morgan fingerprint density at radius 3 is 2.95 bits per heavy atom. The Kier molecular flexibility index (Phi) is 4.02. The van der Waals surface area contributed by atoms with Crippen LogP contribution in [0.2, 0.25) is 5.02 Å². The van der Waals surface area contributed by atoms with Gasteiger partial charge in [-0.1, -0.05) is 23.7 Å². The Morgan fingerprint density at radius 2 is 2.26 bits per heavy atom. The highest BCUT2D eigenvalue weighted by atomic mass is 35.5. The van der Waals surface area contributed by atoms with E-state index in [0.29, 0.717) is 21.5 Å². The number of carbonyl (C=O) groups excluding carboxylic acids is 1. The van der Waals surface area contributed by atoms with Gasteiger partial charge in [0.2, 0.25) is 0 Å². The number of fused-ring (bicyclic) bond motifs is 1. The van der Waals surface area contributed by atoms with E-state index in [1.165, 1.54) is 0 Å². The van der Waals surface area contributed by atoms with Crippen molar-refractivity contribution >= 4 is 28.4 Å². The van der Waals surface area contributed by atoms with Crippen LogP contribution in [0.3, 0.4) is 0 Å². The van der Waals surface area contributed by atoms with Gasteiger partial charge in [-0.15, -0.1) is 0 Å². The van der Waals surface area contributed by atoms with Crippen LogP contribution < -0.4 is 5.32 Å². The molecular weight excluding hydrogens is 264 g/mol. The van der Waals surface area contributed by atoms with Crippen molar-refractivity contribution in [3.63, 3.8) is 0 Å². The maximum absolute atomic E-state index is 12.1. The van der Waals surface area contributed by atoms with Crippen molar-refractivity contribution in [1.82, 2.24) is 10.3 Å². The summed E-state index contributed by atoms with van der Waals surface area (Å²) in [7, 11) is 0. The van der Waals surface area contributed by atoms with Gasteiger partial charge < -0.3 is 10.4 Å². The molecule has 0 saturated carbocycles. The molecular formula is C14H15ClN2O2. The minimum absolute atomic E-state index is 0.211. The lowest BCUT2D eigenvalue weighted by atomic mass is 10.1. The molecule has 1 atom stereocenters. The number of amides is 1. The molecule has 0 radical (unpaired) electrons. The molecule has 100 valence electrons. The second-order valence-electron chi connectivity index (χ2n) is 4.51. The van der Waals surface area contributed by atoms with E-state index >= 15 is 0 Å². The summed E-state index contributed by atoms with van der Waals surface area (Å²) in [6, 6.07) is 7.06. The minimum Gasteiger partial charge on any atom is -0.392 e. The number of nitrogens with zero attached hydrogens (tertiary/aromatic N) is 1. The topological polar surface area (TPSA) is 62.2 Å². The van der Waals surface area contributed by atoms with E-state index in [4.69, 9.17) is 11.6 Å². The van der Waals surface area contributed by atoms with Gasteiger partial charge in [0.15, 0.2) is 0 Å². The van der Waals surface area contributed by atoms with Crippen LogP contribution in [0.5, 0.6) is 0 Å². The van der Waals surface area contributed by atoms with E-state index in [2.05, 4.69) is 10.3 Å². The zero-order valence-corrected chi connectivity index (χ0v) is 11.5. The van der Waals surface area contributed by atoms with Gasteiger partial charge in [-0.25, -0.2) is 0 Å². The number of aliphatic hydroxyl groups excluding tert-OH is 1. The van der Waals surface area contributed by atoms with E-state index in [1.807, 2.05) is 13.0 Å². The first-order valence-corrected chi connectivity index (χ1v) is 6.39. The Morgan fingerprint density at radius 1 is 1.53 bits per heavy atom. The lowest BCUT2D eigenvalue weighted by molar-refractivity contribution is 0.0925. The SMILES string of the molecule is Cc1cc(C(=O)NCC(C)O)c2cccc(Cl)c2n1. The molecule has 4 nitrogen and oxygen atoms in total. The lowest BCUT2D eigenvalue weighted by Crippen LogP contribution is -2.30. The molecule has 0 spiro atoms. The van der Waals surface area contributed by atoms with E-state index in [1.54, 1.807) is 25.1 Å². The molecule has 2 aromatic rings. The van der Waals surface area contributed by atoms with Crippen molar-refractivity contribution in [2.24, 2.45) is 0 Å². The summed E-state index contributed by atoms with van der Waals surface area (Å²) in [5.74, 6) is -0.237. The van der Waals surface area contributed by atoms with Crippen LogP contribution in [0.15, 0.2) is 24.3 Å². The zero-order valence-electron chi connectivity index (χ0n) is 10.8. The molecule has 0 fully saturated rings. The number of aliphatic hydroxyl groups is 1. The van der Waals surface area contributed by atoms with Gasteiger partial charge in [0.05, 0.1) is 22.2 Å². The summed E-state index contributed by atoms with van der Waals surface area (Å²) in [6.07, 6.45) is -0.582. The number of nitrogens with one attached hydrogen (secondary N) is 1. The lowest BCUT2D eigenvalue weighted by Gasteiger charge is -2.10. The number of aromatic nitrogens is 1. The van der Waals surface area contributed by atoms with Gasteiger partial charge in [0.25, 0.3) is 5.91 Å². The Balaban J connectivity index is 2.48. The highest BCUT2D eigenvalue weighted by molar-refractivity contribution is 6.35. The van der Waals surface area contributed by atoms with Crippen molar-refractivity contribution in [2.75, 3.05) is 6.54 Å². The molecule has 1 amide bonds. The fourth-order valence-electron chi connectivity index (χ4n) is 1.87. The molecule has 0 saturated heterocycles. The Bertz CT molecular complexity index is 626. The molecule has 1 aromatic heterocycles. The number of benzene rings is 1. The number of rotatable bonds is 3. The largest absolute Gasteiger partial charge is 0.392 e. The number of pyridine rings is 1. The quantitative estimate of drug-likeness (QED) is 0.906. The normalized spacial score (nSPS) is 12.4. The van der Waals surface area contributed by atoms with Crippen LogP contribution in [-0.4, -0.2) is 28.6 Å². The fourth-order valence-corrected chi connectivity index (χ4v) is 2.08. The molecule has 19 heavy (non-hydrogen) atoms. The average Bonchev–Trinajstić information content (AvgIpc) is 2.36. The van der Waals surface area contributed by atoms with Crippen molar-refractivity contribution < 1.29 is 9.90 Å². The second-order valence-corrected chi connectivity index (χ2v) is 4.91. The molecule has 0 aliphatic carbocycles. The van der Waals surface area contributed by atoms with Crippen LogP contribution in [0.4, 0.5) is 0 Å². The molecule has 2 rings (SSSR count). The minimum atomic E-state index is -0.582. The maximum Gasteiger partial charge on any atom is 0.252 e. The molecule has 0 aliphatic heterocycles. The average molecular weight is 279 g/mol. The van der Waals surface area contributed by atoms with Gasteiger partial charge in [0, 0.05) is 17.6 Å². The predicted octanol–water partition coefficient (Wildman–Crippen LogP) is 2.31. The molecule has 5 heteroatoms. The van der Waals surface area contributed by atoms with Crippen LogP contribution in [0, 0.1) is 6.92 Å². The van der Waals surface area contributed by atoms with Crippen LogP contribution in [0.25, 0.3) is 10.9 Å². The first-order chi connectivity index (χ1) is 8.99. The fraction of sp³-hybridized carbons (Fsp3) is 0.286. The van der Waals surface area contributed by atoms with E-state index in [0.717, 1.165) is 5.69 Å². The van der Waals surface area contributed by atoms with Gasteiger partial charge in [-0.3, -0.25) is 9.78 Å².